The van der Waals surface area contributed by atoms with Crippen molar-refractivity contribution in [2.24, 2.45) is 5.41 Å². The summed E-state index contributed by atoms with van der Waals surface area (Å²) in [6, 6.07) is 15.0. The molecule has 3 N–H and O–H groups in total. The fraction of sp³-hybridized carbons (Fsp3) is 0.610. The molecule has 1 saturated heterocycles. The third kappa shape index (κ3) is 13.6. The van der Waals surface area contributed by atoms with Crippen LogP contribution in [0.3, 0.4) is 0 Å². The van der Waals surface area contributed by atoms with Crippen molar-refractivity contribution in [3.05, 3.63) is 71.3 Å². The van der Waals surface area contributed by atoms with Crippen LogP contribution in [0.5, 0.6) is 0 Å². The Morgan fingerprint density at radius 3 is 2.11 bits per heavy atom. The van der Waals surface area contributed by atoms with Crippen molar-refractivity contribution in [1.29, 1.82) is 0 Å². The first kappa shape index (κ1) is 43.6. The molecule has 0 saturated carbocycles. The molecule has 0 radical (unpaired) electrons. The van der Waals surface area contributed by atoms with Crippen LogP contribution in [0.15, 0.2) is 54.6 Å². The van der Waals surface area contributed by atoms with Gasteiger partial charge in [0.2, 0.25) is 17.7 Å². The predicted molar refractivity (Wildman–Crippen MR) is 205 cm³/mol. The topological polar surface area (TPSA) is 165 Å². The number of carbonyl (C=O) groups excluding carboxylic acids is 3. The molecule has 1 aliphatic heterocycles. The molecule has 2 aromatic rings. The number of amides is 4. The Morgan fingerprint density at radius 1 is 0.873 bits per heavy atom. The fourth-order valence-electron chi connectivity index (χ4n) is 6.70. The summed E-state index contributed by atoms with van der Waals surface area (Å²) in [6.07, 6.45) is 1.24. The smallest absolute Gasteiger partial charge is 0.407 e. The van der Waals surface area contributed by atoms with Crippen molar-refractivity contribution >= 4 is 23.8 Å². The van der Waals surface area contributed by atoms with Gasteiger partial charge in [-0.3, -0.25) is 19.3 Å². The van der Waals surface area contributed by atoms with Crippen LogP contribution in [0.4, 0.5) is 4.79 Å². The highest BCUT2D eigenvalue weighted by Gasteiger charge is 2.46. The number of rotatable bonds is 21. The summed E-state index contributed by atoms with van der Waals surface area (Å²) in [5, 5.41) is 15.4. The number of nitrogens with zero attached hydrogens (tertiary/aromatic N) is 2. The number of fused-ring (bicyclic) bond motifs is 1. The van der Waals surface area contributed by atoms with Crippen LogP contribution in [-0.2, 0) is 51.1 Å². The van der Waals surface area contributed by atoms with Gasteiger partial charge in [-0.05, 0) is 48.3 Å². The molecule has 14 heteroatoms. The third-order valence-electron chi connectivity index (χ3n) is 10.0. The summed E-state index contributed by atoms with van der Waals surface area (Å²) in [6.45, 7) is 10.8. The number of carbonyl (C=O) groups is 4. The van der Waals surface area contributed by atoms with Crippen LogP contribution in [-0.4, -0.2) is 129 Å². The van der Waals surface area contributed by atoms with Gasteiger partial charge < -0.3 is 44.3 Å². The first-order chi connectivity index (χ1) is 26.4. The highest BCUT2D eigenvalue weighted by molar-refractivity contribution is 5.94. The van der Waals surface area contributed by atoms with Crippen molar-refractivity contribution < 1.29 is 48.0 Å². The van der Waals surface area contributed by atoms with Gasteiger partial charge >= 0.3 is 6.09 Å². The summed E-state index contributed by atoms with van der Waals surface area (Å²) in [5.41, 5.74) is 2.65. The molecule has 1 aliphatic carbocycles. The number of hydrogen-bond acceptors (Lipinski definition) is 9. The average Bonchev–Trinajstić information content (AvgIpc) is 3.60. The maximum atomic E-state index is 14.3. The van der Waals surface area contributed by atoms with Crippen molar-refractivity contribution in [2.45, 2.75) is 90.3 Å². The Morgan fingerprint density at radius 2 is 1.47 bits per heavy atom. The maximum absolute atomic E-state index is 14.3. The van der Waals surface area contributed by atoms with E-state index >= 15 is 0 Å². The standard InChI is InChI=1S/C41H60N4O10/c1-29(44(5)40(49)50)37(46)43-36(41(2,3)4)39(48)45-27-32(26-35(45)38(47)42-34-17-11-15-31-14-9-10-16-33(31)34)55-25-24-53-21-20-51-18-19-52-22-23-54-28-30-12-7-6-8-13-30/h6-10,12-14,16,29,32,34-36H,11,15,17-28H2,1-5H3,(H,42,47)(H,43,46)(H,49,50)/t29-,32-,34+,35-,36+/m0/s1. The normalized spacial score (nSPS) is 19.3. The molecule has 0 spiro atoms. The third-order valence-corrected chi connectivity index (χ3v) is 10.0. The second-order valence-corrected chi connectivity index (χ2v) is 15.1. The minimum Gasteiger partial charge on any atom is -0.465 e. The highest BCUT2D eigenvalue weighted by atomic mass is 16.6. The van der Waals surface area contributed by atoms with Gasteiger partial charge in [0.15, 0.2) is 0 Å². The lowest BCUT2D eigenvalue weighted by atomic mass is 9.85. The second kappa shape index (κ2) is 21.9. The molecule has 1 heterocycles. The van der Waals surface area contributed by atoms with E-state index in [1.165, 1.54) is 24.4 Å². The quantitative estimate of drug-likeness (QED) is 0.158. The summed E-state index contributed by atoms with van der Waals surface area (Å²) in [7, 11) is 1.30. The van der Waals surface area contributed by atoms with E-state index in [0.29, 0.717) is 52.9 Å². The Balaban J connectivity index is 1.26. The number of ether oxygens (including phenoxy) is 5. The van der Waals surface area contributed by atoms with Crippen LogP contribution in [0.2, 0.25) is 0 Å². The monoisotopic (exact) mass is 768 g/mol. The van der Waals surface area contributed by atoms with E-state index in [1.54, 1.807) is 0 Å². The lowest BCUT2D eigenvalue weighted by Crippen LogP contribution is -2.60. The van der Waals surface area contributed by atoms with E-state index in [-0.39, 0.29) is 31.5 Å². The van der Waals surface area contributed by atoms with Crippen LogP contribution < -0.4 is 10.6 Å². The molecule has 4 amide bonds. The Labute approximate surface area is 325 Å². The maximum Gasteiger partial charge on any atom is 0.407 e. The molecular weight excluding hydrogens is 708 g/mol. The molecular formula is C41H60N4O10. The molecule has 0 bridgehead atoms. The zero-order valence-electron chi connectivity index (χ0n) is 33.0. The van der Waals surface area contributed by atoms with Gasteiger partial charge in [-0.2, -0.15) is 0 Å². The molecule has 0 unspecified atom stereocenters. The molecule has 55 heavy (non-hydrogen) atoms. The minimum absolute atomic E-state index is 0.144. The minimum atomic E-state index is -1.26. The predicted octanol–water partition coefficient (Wildman–Crippen LogP) is 3.96. The number of nitrogens with one attached hydrogen (secondary N) is 2. The van der Waals surface area contributed by atoms with Gasteiger partial charge in [-0.15, -0.1) is 0 Å². The first-order valence-electron chi connectivity index (χ1n) is 19.3. The number of likely N-dealkylation sites (N-methyl/N-ethyl adjacent to an activating group) is 1. The number of carboxylic acid groups (broad SMARTS) is 1. The fourth-order valence-corrected chi connectivity index (χ4v) is 6.70. The summed E-state index contributed by atoms with van der Waals surface area (Å²) < 4.78 is 28.6. The molecule has 5 atom stereocenters. The molecule has 1 fully saturated rings. The van der Waals surface area contributed by atoms with E-state index < -0.39 is 47.6 Å². The van der Waals surface area contributed by atoms with Gasteiger partial charge in [-0.1, -0.05) is 75.4 Å². The second-order valence-electron chi connectivity index (χ2n) is 15.1. The molecule has 0 aromatic heterocycles. The van der Waals surface area contributed by atoms with E-state index in [4.69, 9.17) is 23.7 Å². The zero-order valence-corrected chi connectivity index (χ0v) is 33.0. The van der Waals surface area contributed by atoms with E-state index in [1.807, 2.05) is 69.3 Å². The number of aryl methyl sites for hydroxylation is 1. The lowest BCUT2D eigenvalue weighted by Gasteiger charge is -2.37. The van der Waals surface area contributed by atoms with Crippen LogP contribution >= 0.6 is 0 Å². The lowest BCUT2D eigenvalue weighted by molar-refractivity contribution is -0.144. The SMILES string of the molecule is C[C@@H](C(=O)N[C@H](C(=O)N1C[C@@H](OCCOCCOCCOCCOCc2ccccc2)C[C@H]1C(=O)N[C@@H]1CCCc2ccccc21)C(C)(C)C)N(C)C(=O)O. The summed E-state index contributed by atoms with van der Waals surface area (Å²) >= 11 is 0. The summed E-state index contributed by atoms with van der Waals surface area (Å²) in [5.74, 6) is -1.32. The molecule has 2 aliphatic rings. The van der Waals surface area contributed by atoms with Gasteiger partial charge in [0, 0.05) is 20.0 Å². The van der Waals surface area contributed by atoms with Crippen molar-refractivity contribution in [3.63, 3.8) is 0 Å². The summed E-state index contributed by atoms with van der Waals surface area (Å²) in [4.78, 5) is 55.5. The molecule has 4 rings (SSSR count). The largest absolute Gasteiger partial charge is 0.465 e. The van der Waals surface area contributed by atoms with Gasteiger partial charge in [0.05, 0.1) is 71.6 Å². The van der Waals surface area contributed by atoms with Crippen LogP contribution in [0.1, 0.15) is 69.7 Å². The Kier molecular flexibility index (Phi) is 17.3. The van der Waals surface area contributed by atoms with Gasteiger partial charge in [0.1, 0.15) is 18.1 Å². The molecule has 2 aromatic carbocycles. The molecule has 14 nitrogen and oxygen atoms in total. The van der Waals surface area contributed by atoms with E-state index in [9.17, 15) is 24.3 Å². The van der Waals surface area contributed by atoms with Crippen LogP contribution in [0.25, 0.3) is 0 Å². The zero-order chi connectivity index (χ0) is 39.8. The number of benzene rings is 2. The van der Waals surface area contributed by atoms with Crippen LogP contribution in [0, 0.1) is 5.41 Å². The number of likely N-dealkylation sites (tertiary alicyclic amines) is 1. The van der Waals surface area contributed by atoms with Gasteiger partial charge in [-0.25, -0.2) is 4.79 Å². The van der Waals surface area contributed by atoms with E-state index in [2.05, 4.69) is 16.7 Å². The Hall–Kier alpha value is -4.08. The van der Waals surface area contributed by atoms with E-state index in [0.717, 1.165) is 35.3 Å². The first-order valence-corrected chi connectivity index (χ1v) is 19.3. The van der Waals surface area contributed by atoms with Crippen molar-refractivity contribution in [3.8, 4) is 0 Å². The highest BCUT2D eigenvalue weighted by Crippen LogP contribution is 2.32. The van der Waals surface area contributed by atoms with Gasteiger partial charge in [0.25, 0.3) is 0 Å². The van der Waals surface area contributed by atoms with Crippen molar-refractivity contribution in [1.82, 2.24) is 20.4 Å². The molecule has 304 valence electrons. The number of hydrogen-bond donors (Lipinski definition) is 3. The average molecular weight is 769 g/mol. The Bertz CT molecular complexity index is 1520. The van der Waals surface area contributed by atoms with Crippen molar-refractivity contribution in [2.75, 3.05) is 66.4 Å².